The number of nitrogens with two attached hydrogens (primary N) is 1. The second-order valence-electron chi connectivity index (χ2n) is 5.20. The maximum absolute atomic E-state index is 11.7. The Morgan fingerprint density at radius 2 is 1.75 bits per heavy atom. The number of hydrogen-bond donors (Lipinski definition) is 3. The van der Waals surface area contributed by atoms with E-state index in [9.17, 15) is 9.59 Å². The van der Waals surface area contributed by atoms with Crippen LogP contribution in [0.15, 0.2) is 30.3 Å². The Bertz CT molecular complexity index is 432. The highest BCUT2D eigenvalue weighted by molar-refractivity contribution is 5.84. The minimum Gasteiger partial charge on any atom is -0.354 e. The van der Waals surface area contributed by atoms with E-state index < -0.39 is 0 Å². The molecule has 110 valence electrons. The second-order valence-corrected chi connectivity index (χ2v) is 5.20. The van der Waals surface area contributed by atoms with Crippen LogP contribution < -0.4 is 16.4 Å². The average Bonchev–Trinajstić information content (AvgIpc) is 2.43. The second kappa shape index (κ2) is 8.32. The topological polar surface area (TPSA) is 84.2 Å². The predicted octanol–water partition coefficient (Wildman–Crippen LogP) is 0.965. The Morgan fingerprint density at radius 1 is 1.10 bits per heavy atom. The molecule has 0 saturated carbocycles. The predicted molar refractivity (Wildman–Crippen MR) is 78.8 cm³/mol. The molecule has 1 aromatic rings. The first-order chi connectivity index (χ1) is 9.49. The lowest BCUT2D eigenvalue weighted by molar-refractivity contribution is -0.126. The summed E-state index contributed by atoms with van der Waals surface area (Å²) >= 11 is 0. The Balaban J connectivity index is 2.28. The van der Waals surface area contributed by atoms with E-state index in [1.807, 2.05) is 44.2 Å². The molecule has 0 aromatic heterocycles. The molecule has 0 aliphatic carbocycles. The number of carbonyl (C=O) groups excluding carboxylic acids is 2. The molecule has 5 heteroatoms. The number of rotatable bonds is 7. The van der Waals surface area contributed by atoms with Gasteiger partial charge in [-0.25, -0.2) is 0 Å². The van der Waals surface area contributed by atoms with Gasteiger partial charge in [-0.15, -0.1) is 0 Å². The molecule has 0 spiro atoms. The van der Waals surface area contributed by atoms with Crippen LogP contribution in [0.4, 0.5) is 0 Å². The molecule has 0 saturated heterocycles. The fraction of sp³-hybridized carbons (Fsp3) is 0.467. The standard InChI is InChI=1S/C15H23N3O2/c1-11(2)9-17-15(20)10-18-14(19)8-13(16)12-6-4-3-5-7-12/h3-7,11,13H,8-10,16H2,1-2H3,(H,17,20)(H,18,19). The van der Waals surface area contributed by atoms with E-state index >= 15 is 0 Å². The van der Waals surface area contributed by atoms with Crippen molar-refractivity contribution in [2.75, 3.05) is 13.1 Å². The van der Waals surface area contributed by atoms with Crippen LogP contribution in [-0.4, -0.2) is 24.9 Å². The van der Waals surface area contributed by atoms with Crippen molar-refractivity contribution in [1.82, 2.24) is 10.6 Å². The molecule has 0 aliphatic heterocycles. The van der Waals surface area contributed by atoms with Gasteiger partial charge >= 0.3 is 0 Å². The molecule has 1 atom stereocenters. The van der Waals surface area contributed by atoms with Gasteiger partial charge in [0, 0.05) is 19.0 Å². The van der Waals surface area contributed by atoms with Crippen molar-refractivity contribution < 1.29 is 9.59 Å². The summed E-state index contributed by atoms with van der Waals surface area (Å²) in [7, 11) is 0. The van der Waals surface area contributed by atoms with E-state index in [0.717, 1.165) is 5.56 Å². The van der Waals surface area contributed by atoms with Gasteiger partial charge in [0.25, 0.3) is 0 Å². The van der Waals surface area contributed by atoms with Crippen molar-refractivity contribution in [1.29, 1.82) is 0 Å². The van der Waals surface area contributed by atoms with Crippen molar-refractivity contribution in [3.05, 3.63) is 35.9 Å². The lowest BCUT2D eigenvalue weighted by Crippen LogP contribution is -2.39. The van der Waals surface area contributed by atoms with Gasteiger partial charge in [0.05, 0.1) is 6.54 Å². The van der Waals surface area contributed by atoms with Crippen LogP contribution in [0.2, 0.25) is 0 Å². The van der Waals surface area contributed by atoms with E-state index in [1.165, 1.54) is 0 Å². The Kier molecular flexibility index (Phi) is 6.73. The van der Waals surface area contributed by atoms with Gasteiger partial charge in [-0.1, -0.05) is 44.2 Å². The highest BCUT2D eigenvalue weighted by Crippen LogP contribution is 2.12. The molecule has 0 aliphatic rings. The lowest BCUT2D eigenvalue weighted by atomic mass is 10.0. The molecule has 1 unspecified atom stereocenters. The number of hydrogen-bond acceptors (Lipinski definition) is 3. The average molecular weight is 277 g/mol. The summed E-state index contributed by atoms with van der Waals surface area (Å²) in [6.07, 6.45) is 0.168. The number of benzene rings is 1. The van der Waals surface area contributed by atoms with Crippen LogP contribution in [0.3, 0.4) is 0 Å². The van der Waals surface area contributed by atoms with E-state index in [1.54, 1.807) is 0 Å². The van der Waals surface area contributed by atoms with Crippen molar-refractivity contribution in [3.63, 3.8) is 0 Å². The smallest absolute Gasteiger partial charge is 0.239 e. The van der Waals surface area contributed by atoms with Crippen molar-refractivity contribution >= 4 is 11.8 Å². The van der Waals surface area contributed by atoms with E-state index in [2.05, 4.69) is 10.6 Å². The lowest BCUT2D eigenvalue weighted by Gasteiger charge is -2.12. The molecule has 2 amide bonds. The van der Waals surface area contributed by atoms with Crippen LogP contribution >= 0.6 is 0 Å². The molecule has 0 fully saturated rings. The zero-order valence-electron chi connectivity index (χ0n) is 12.1. The van der Waals surface area contributed by atoms with Crippen LogP contribution in [0, 0.1) is 5.92 Å². The molecule has 20 heavy (non-hydrogen) atoms. The monoisotopic (exact) mass is 277 g/mol. The van der Waals surface area contributed by atoms with Crippen LogP contribution in [-0.2, 0) is 9.59 Å². The largest absolute Gasteiger partial charge is 0.354 e. The summed E-state index contributed by atoms with van der Waals surface area (Å²) in [5, 5.41) is 5.31. The fourth-order valence-electron chi connectivity index (χ4n) is 1.65. The van der Waals surface area contributed by atoms with Gasteiger partial charge in [0.15, 0.2) is 0 Å². The quantitative estimate of drug-likeness (QED) is 0.694. The summed E-state index contributed by atoms with van der Waals surface area (Å²) in [6.45, 7) is 4.63. The van der Waals surface area contributed by atoms with Crippen molar-refractivity contribution in [2.45, 2.75) is 26.3 Å². The highest BCUT2D eigenvalue weighted by atomic mass is 16.2. The van der Waals surface area contributed by atoms with Gasteiger partial charge in [0.1, 0.15) is 0 Å². The SMILES string of the molecule is CC(C)CNC(=O)CNC(=O)CC(N)c1ccccc1. The summed E-state index contributed by atoms with van der Waals surface area (Å²) in [5.74, 6) is -0.0115. The Labute approximate surface area is 119 Å². The van der Waals surface area contributed by atoms with Crippen LogP contribution in [0.25, 0.3) is 0 Å². The molecule has 0 radical (unpaired) electrons. The third-order valence-corrected chi connectivity index (χ3v) is 2.79. The van der Waals surface area contributed by atoms with E-state index in [-0.39, 0.29) is 30.8 Å². The molecule has 5 nitrogen and oxygen atoms in total. The van der Waals surface area contributed by atoms with Gasteiger partial charge in [-0.2, -0.15) is 0 Å². The molecule has 1 rings (SSSR count). The summed E-state index contributed by atoms with van der Waals surface area (Å²) in [4.78, 5) is 23.1. The maximum atomic E-state index is 11.7. The Hall–Kier alpha value is -1.88. The van der Waals surface area contributed by atoms with Gasteiger partial charge in [-0.05, 0) is 11.5 Å². The molecule has 0 heterocycles. The zero-order chi connectivity index (χ0) is 15.0. The summed E-state index contributed by atoms with van der Waals surface area (Å²) < 4.78 is 0. The van der Waals surface area contributed by atoms with Crippen LogP contribution in [0.1, 0.15) is 31.9 Å². The zero-order valence-corrected chi connectivity index (χ0v) is 12.1. The molecular weight excluding hydrogens is 254 g/mol. The molecular formula is C15H23N3O2. The minimum atomic E-state index is -0.352. The first-order valence-electron chi connectivity index (χ1n) is 6.83. The fourth-order valence-corrected chi connectivity index (χ4v) is 1.65. The summed E-state index contributed by atoms with van der Waals surface area (Å²) in [5.41, 5.74) is 6.85. The van der Waals surface area contributed by atoms with E-state index in [0.29, 0.717) is 12.5 Å². The third kappa shape index (κ3) is 6.33. The molecule has 0 bridgehead atoms. The summed E-state index contributed by atoms with van der Waals surface area (Å²) in [6, 6.07) is 9.07. The molecule has 1 aromatic carbocycles. The normalized spacial score (nSPS) is 12.0. The number of carbonyl (C=O) groups is 2. The number of nitrogens with one attached hydrogen (secondary N) is 2. The maximum Gasteiger partial charge on any atom is 0.239 e. The third-order valence-electron chi connectivity index (χ3n) is 2.79. The van der Waals surface area contributed by atoms with Crippen LogP contribution in [0.5, 0.6) is 0 Å². The van der Waals surface area contributed by atoms with Gasteiger partial charge < -0.3 is 16.4 Å². The highest BCUT2D eigenvalue weighted by Gasteiger charge is 2.12. The van der Waals surface area contributed by atoms with Crippen molar-refractivity contribution in [3.8, 4) is 0 Å². The Morgan fingerprint density at radius 3 is 2.35 bits per heavy atom. The molecule has 4 N–H and O–H groups in total. The van der Waals surface area contributed by atoms with Gasteiger partial charge in [-0.3, -0.25) is 9.59 Å². The first kappa shape index (κ1) is 16.2. The number of amides is 2. The van der Waals surface area contributed by atoms with Crippen molar-refractivity contribution in [2.24, 2.45) is 11.7 Å². The minimum absolute atomic E-state index is 0.00688. The first-order valence-corrected chi connectivity index (χ1v) is 6.83. The van der Waals surface area contributed by atoms with E-state index in [4.69, 9.17) is 5.73 Å². The van der Waals surface area contributed by atoms with Gasteiger partial charge in [0.2, 0.25) is 11.8 Å².